The minimum Gasteiger partial charge on any atom is -0.389 e. The number of hydrogen-bond donors (Lipinski definition) is 3. The zero-order chi connectivity index (χ0) is 24.6. The number of halogens is 5. The van der Waals surface area contributed by atoms with Crippen molar-refractivity contribution < 1.29 is 26.7 Å². The molecule has 0 bridgehead atoms. The maximum absolute atomic E-state index is 14.1. The Kier molecular flexibility index (Phi) is 6.45. The van der Waals surface area contributed by atoms with E-state index < -0.39 is 35.3 Å². The SMILES string of the molecule is Cn1ncc(NC(=O)c2nc(-c3c(F)cccc3F)sc2N)c1N1CCN[C@@H](C(F)(F)F)CC1. The van der Waals surface area contributed by atoms with Crippen LogP contribution >= 0.6 is 11.3 Å². The number of carbonyl (C=O) groups is 1. The van der Waals surface area contributed by atoms with E-state index in [-0.39, 0.29) is 47.4 Å². The third-order valence-electron chi connectivity index (χ3n) is 5.36. The van der Waals surface area contributed by atoms with Gasteiger partial charge in [-0.15, -0.1) is 0 Å². The van der Waals surface area contributed by atoms with E-state index in [9.17, 15) is 26.7 Å². The maximum atomic E-state index is 14.1. The summed E-state index contributed by atoms with van der Waals surface area (Å²) in [5.74, 6) is -2.02. The molecule has 4 rings (SSSR count). The van der Waals surface area contributed by atoms with Crippen molar-refractivity contribution in [1.82, 2.24) is 20.1 Å². The summed E-state index contributed by atoms with van der Waals surface area (Å²) >= 11 is 0.757. The molecule has 3 aromatic rings. The van der Waals surface area contributed by atoms with Crippen molar-refractivity contribution >= 4 is 33.8 Å². The predicted octanol–water partition coefficient (Wildman–Crippen LogP) is 3.39. The summed E-state index contributed by atoms with van der Waals surface area (Å²) in [6.45, 7) is 0.416. The molecule has 182 valence electrons. The van der Waals surface area contributed by atoms with E-state index in [4.69, 9.17) is 5.73 Å². The highest BCUT2D eigenvalue weighted by Crippen LogP contribution is 2.34. The topological polar surface area (TPSA) is 101 Å². The first-order chi connectivity index (χ1) is 16.1. The van der Waals surface area contributed by atoms with Gasteiger partial charge in [-0.1, -0.05) is 17.4 Å². The second-order valence-electron chi connectivity index (χ2n) is 7.61. The molecule has 3 heterocycles. The number of nitrogens with zero attached hydrogens (tertiary/aromatic N) is 4. The van der Waals surface area contributed by atoms with Crippen LogP contribution in [0.1, 0.15) is 16.9 Å². The van der Waals surface area contributed by atoms with Gasteiger partial charge in [0.2, 0.25) is 0 Å². The van der Waals surface area contributed by atoms with Crippen molar-refractivity contribution in [2.75, 3.05) is 35.6 Å². The van der Waals surface area contributed by atoms with Gasteiger partial charge >= 0.3 is 6.18 Å². The first-order valence-electron chi connectivity index (χ1n) is 10.2. The van der Waals surface area contributed by atoms with E-state index in [1.807, 2.05) is 0 Å². The second kappa shape index (κ2) is 9.18. The van der Waals surface area contributed by atoms with E-state index in [1.165, 1.54) is 16.9 Å². The van der Waals surface area contributed by atoms with E-state index in [2.05, 4.69) is 20.7 Å². The minimum absolute atomic E-state index is 0.0485. The lowest BCUT2D eigenvalue weighted by Gasteiger charge is -2.24. The molecule has 34 heavy (non-hydrogen) atoms. The van der Waals surface area contributed by atoms with Gasteiger partial charge in [-0.2, -0.15) is 18.3 Å². The average Bonchev–Trinajstić information content (AvgIpc) is 3.19. The van der Waals surface area contributed by atoms with Gasteiger partial charge < -0.3 is 21.3 Å². The fraction of sp³-hybridized carbons (Fsp3) is 0.350. The summed E-state index contributed by atoms with van der Waals surface area (Å²) in [4.78, 5) is 18.6. The smallest absolute Gasteiger partial charge is 0.389 e. The molecule has 0 aliphatic carbocycles. The van der Waals surface area contributed by atoms with Crippen LogP contribution in [0.4, 0.5) is 38.5 Å². The van der Waals surface area contributed by atoms with Crippen LogP contribution in [0, 0.1) is 11.6 Å². The normalized spacial score (nSPS) is 17.0. The number of thiazole rings is 1. The molecule has 1 aliphatic rings. The van der Waals surface area contributed by atoms with Crippen LogP contribution in [0.3, 0.4) is 0 Å². The number of aryl methyl sites for hydroxylation is 1. The summed E-state index contributed by atoms with van der Waals surface area (Å²) in [6.07, 6.45) is -3.19. The largest absolute Gasteiger partial charge is 0.403 e. The van der Waals surface area contributed by atoms with Crippen molar-refractivity contribution in [1.29, 1.82) is 0 Å². The summed E-state index contributed by atoms with van der Waals surface area (Å²) < 4.78 is 69.0. The molecule has 0 unspecified atom stereocenters. The van der Waals surface area contributed by atoms with Gasteiger partial charge in [0.05, 0.1) is 11.8 Å². The molecule has 0 radical (unpaired) electrons. The van der Waals surface area contributed by atoms with Gasteiger partial charge in [0.15, 0.2) is 11.5 Å². The number of alkyl halides is 3. The summed E-state index contributed by atoms with van der Waals surface area (Å²) in [5, 5.41) is 9.06. The van der Waals surface area contributed by atoms with Crippen LogP contribution < -0.4 is 21.3 Å². The van der Waals surface area contributed by atoms with Crippen molar-refractivity contribution in [3.05, 3.63) is 41.7 Å². The van der Waals surface area contributed by atoms with Crippen molar-refractivity contribution in [2.24, 2.45) is 7.05 Å². The number of hydrogen-bond acceptors (Lipinski definition) is 7. The zero-order valence-corrected chi connectivity index (χ0v) is 18.6. The molecule has 0 spiro atoms. The number of amides is 1. The molecular weight excluding hydrogens is 481 g/mol. The van der Waals surface area contributed by atoms with E-state index in [0.717, 1.165) is 23.5 Å². The fourth-order valence-electron chi connectivity index (χ4n) is 3.74. The number of carbonyl (C=O) groups excluding carboxylic acids is 1. The molecule has 1 saturated heterocycles. The zero-order valence-electron chi connectivity index (χ0n) is 17.8. The lowest BCUT2D eigenvalue weighted by Crippen LogP contribution is -2.42. The third-order valence-corrected chi connectivity index (χ3v) is 6.26. The first kappa shape index (κ1) is 23.9. The molecule has 4 N–H and O–H groups in total. The molecule has 0 saturated carbocycles. The van der Waals surface area contributed by atoms with Gasteiger partial charge in [-0.05, 0) is 18.6 Å². The van der Waals surface area contributed by atoms with Gasteiger partial charge in [-0.25, -0.2) is 13.8 Å². The van der Waals surface area contributed by atoms with Crippen LogP contribution in [-0.4, -0.2) is 52.5 Å². The maximum Gasteiger partial charge on any atom is 0.403 e. The number of aromatic nitrogens is 3. The average molecular weight is 501 g/mol. The van der Waals surface area contributed by atoms with Gasteiger partial charge in [-0.3, -0.25) is 9.48 Å². The third kappa shape index (κ3) is 4.68. The molecular formula is C20H20F5N7OS. The van der Waals surface area contributed by atoms with Crippen LogP contribution in [0.5, 0.6) is 0 Å². The van der Waals surface area contributed by atoms with Gasteiger partial charge in [0, 0.05) is 26.7 Å². The monoisotopic (exact) mass is 501 g/mol. The Bertz CT molecular complexity index is 1190. The Morgan fingerprint density at radius 2 is 1.97 bits per heavy atom. The molecule has 2 aromatic heterocycles. The fourth-order valence-corrected chi connectivity index (χ4v) is 4.62. The molecule has 1 fully saturated rings. The highest BCUT2D eigenvalue weighted by molar-refractivity contribution is 7.19. The molecule has 8 nitrogen and oxygen atoms in total. The number of rotatable bonds is 4. The van der Waals surface area contributed by atoms with E-state index >= 15 is 0 Å². The van der Waals surface area contributed by atoms with Gasteiger partial charge in [0.25, 0.3) is 5.91 Å². The highest BCUT2D eigenvalue weighted by atomic mass is 32.1. The molecule has 1 atom stereocenters. The highest BCUT2D eigenvalue weighted by Gasteiger charge is 2.40. The predicted molar refractivity (Wildman–Crippen MR) is 118 cm³/mol. The number of nitrogen functional groups attached to an aromatic ring is 1. The summed E-state index contributed by atoms with van der Waals surface area (Å²) in [7, 11) is 1.60. The molecule has 1 amide bonds. The van der Waals surface area contributed by atoms with Crippen molar-refractivity contribution in [3.63, 3.8) is 0 Å². The Balaban J connectivity index is 1.56. The number of nitrogens with two attached hydrogens (primary N) is 1. The molecule has 1 aliphatic heterocycles. The Labute approximate surface area is 194 Å². The Morgan fingerprint density at radius 3 is 2.65 bits per heavy atom. The van der Waals surface area contributed by atoms with Crippen LogP contribution in [0.25, 0.3) is 10.6 Å². The van der Waals surface area contributed by atoms with Gasteiger partial charge in [0.1, 0.15) is 33.4 Å². The summed E-state index contributed by atoms with van der Waals surface area (Å²) in [5.41, 5.74) is 5.52. The van der Waals surface area contributed by atoms with E-state index in [1.54, 1.807) is 11.9 Å². The van der Waals surface area contributed by atoms with Crippen LogP contribution in [0.2, 0.25) is 0 Å². The first-order valence-corrected chi connectivity index (χ1v) is 11.0. The number of nitrogens with one attached hydrogen (secondary N) is 2. The van der Waals surface area contributed by atoms with Crippen molar-refractivity contribution in [3.8, 4) is 10.6 Å². The lowest BCUT2D eigenvalue weighted by molar-refractivity contribution is -0.155. The standard InChI is InChI=1S/C20H20F5N7OS/c1-31-19(32-7-5-13(20(23,24)25)27-6-8-32)12(9-28-31)29-17(33)15-16(26)34-18(30-15)14-10(21)3-2-4-11(14)22/h2-4,9,13,27H,5-8,26H2,1H3,(H,29,33)/t13-/m1/s1. The summed E-state index contributed by atoms with van der Waals surface area (Å²) in [6, 6.07) is 1.71. The lowest BCUT2D eigenvalue weighted by atomic mass is 10.2. The number of benzene rings is 1. The van der Waals surface area contributed by atoms with Crippen molar-refractivity contribution in [2.45, 2.75) is 18.6 Å². The minimum atomic E-state index is -4.36. The van der Waals surface area contributed by atoms with E-state index in [0.29, 0.717) is 5.82 Å². The van der Waals surface area contributed by atoms with Crippen LogP contribution in [-0.2, 0) is 7.05 Å². The van der Waals surface area contributed by atoms with Crippen LogP contribution in [0.15, 0.2) is 24.4 Å². The number of anilines is 3. The quantitative estimate of drug-likeness (QED) is 0.474. The molecule has 1 aromatic carbocycles. The Hall–Kier alpha value is -3.26. The Morgan fingerprint density at radius 1 is 1.26 bits per heavy atom. The second-order valence-corrected chi connectivity index (χ2v) is 8.64. The molecule has 14 heteroatoms.